The van der Waals surface area contributed by atoms with Gasteiger partial charge in [-0.25, -0.2) is 0 Å². The fraction of sp³-hybridized carbons (Fsp3) is 0.500. The van der Waals surface area contributed by atoms with E-state index in [2.05, 4.69) is 24.0 Å². The van der Waals surface area contributed by atoms with Crippen LogP contribution in [0.4, 0.5) is 0 Å². The first-order valence-corrected chi connectivity index (χ1v) is 4.32. The third-order valence-corrected chi connectivity index (χ3v) is 2.32. The van der Waals surface area contributed by atoms with Crippen LogP contribution in [-0.4, -0.2) is 4.98 Å². The van der Waals surface area contributed by atoms with Gasteiger partial charge in [-0.3, -0.25) is 4.98 Å². The van der Waals surface area contributed by atoms with E-state index < -0.39 is 0 Å². The van der Waals surface area contributed by atoms with Crippen molar-refractivity contribution in [2.75, 3.05) is 0 Å². The van der Waals surface area contributed by atoms with Gasteiger partial charge in [0.2, 0.25) is 0 Å². The molecule has 1 aliphatic rings. The largest absolute Gasteiger partial charge is 0.258 e. The van der Waals surface area contributed by atoms with E-state index in [0.717, 1.165) is 5.69 Å². The fourth-order valence-corrected chi connectivity index (χ4v) is 1.69. The van der Waals surface area contributed by atoms with Gasteiger partial charge in [0.15, 0.2) is 0 Å². The van der Waals surface area contributed by atoms with Gasteiger partial charge in [0, 0.05) is 11.4 Å². The van der Waals surface area contributed by atoms with E-state index in [0.29, 0.717) is 0 Å². The summed E-state index contributed by atoms with van der Waals surface area (Å²) in [7, 11) is 0. The summed E-state index contributed by atoms with van der Waals surface area (Å²) in [5.41, 5.74) is 3.98. The van der Waals surface area contributed by atoms with Crippen LogP contribution in [0, 0.1) is 6.92 Å². The van der Waals surface area contributed by atoms with Crippen LogP contribution in [0.25, 0.3) is 0 Å². The highest BCUT2D eigenvalue weighted by atomic mass is 35.5. The summed E-state index contributed by atoms with van der Waals surface area (Å²) < 4.78 is 0. The van der Waals surface area contributed by atoms with Gasteiger partial charge in [-0.2, -0.15) is 0 Å². The number of aryl methyl sites for hydroxylation is 3. The number of rotatable bonds is 0. The van der Waals surface area contributed by atoms with Crippen molar-refractivity contribution in [2.24, 2.45) is 0 Å². The summed E-state index contributed by atoms with van der Waals surface area (Å²) in [6.07, 6.45) is 5.10. The Hall–Kier alpha value is -0.560. The predicted octanol–water partition coefficient (Wildman–Crippen LogP) is 2.69. The van der Waals surface area contributed by atoms with Crippen LogP contribution in [0.3, 0.4) is 0 Å². The van der Waals surface area contributed by atoms with Crippen molar-refractivity contribution in [1.82, 2.24) is 4.98 Å². The molecule has 66 valence electrons. The predicted molar refractivity (Wildman–Crippen MR) is 52.9 cm³/mol. The Balaban J connectivity index is 0.000000720. The van der Waals surface area contributed by atoms with Crippen LogP contribution >= 0.6 is 12.4 Å². The lowest BCUT2D eigenvalue weighted by Gasteiger charge is -2.14. The molecule has 0 unspecified atom stereocenters. The Labute approximate surface area is 79.6 Å². The summed E-state index contributed by atoms with van der Waals surface area (Å²) in [6, 6.07) is 4.35. The van der Waals surface area contributed by atoms with Crippen molar-refractivity contribution >= 4 is 12.4 Å². The standard InChI is InChI=1S/C10H13N.ClH/c1-8-6-7-9-4-2-3-5-10(9)11-8;/h6-7H,2-5H2,1H3;1H. The second-order valence-corrected chi connectivity index (χ2v) is 3.27. The Morgan fingerprint density at radius 1 is 1.17 bits per heavy atom. The normalized spacial score (nSPS) is 14.8. The molecule has 1 nitrogen and oxygen atoms in total. The Kier molecular flexibility index (Phi) is 3.10. The Bertz CT molecular complexity index is 271. The number of halogens is 1. The zero-order valence-electron chi connectivity index (χ0n) is 7.34. The molecule has 0 saturated carbocycles. The molecule has 0 atom stereocenters. The number of hydrogen-bond donors (Lipinski definition) is 0. The number of nitrogens with zero attached hydrogens (tertiary/aromatic N) is 1. The molecule has 1 heterocycles. The molecule has 0 saturated heterocycles. The fourth-order valence-electron chi connectivity index (χ4n) is 1.69. The van der Waals surface area contributed by atoms with Gasteiger partial charge in [0.1, 0.15) is 0 Å². The van der Waals surface area contributed by atoms with E-state index in [4.69, 9.17) is 0 Å². The minimum Gasteiger partial charge on any atom is -0.258 e. The molecule has 0 bridgehead atoms. The molecule has 1 aliphatic carbocycles. The number of aromatic nitrogens is 1. The molecule has 2 heteroatoms. The lowest BCUT2D eigenvalue weighted by atomic mass is 9.96. The molecule has 12 heavy (non-hydrogen) atoms. The summed E-state index contributed by atoms with van der Waals surface area (Å²) in [5, 5.41) is 0. The highest BCUT2D eigenvalue weighted by molar-refractivity contribution is 5.85. The van der Waals surface area contributed by atoms with Crippen molar-refractivity contribution in [3.8, 4) is 0 Å². The molecule has 0 radical (unpaired) electrons. The molecule has 2 rings (SSSR count). The van der Waals surface area contributed by atoms with E-state index in [9.17, 15) is 0 Å². The maximum atomic E-state index is 4.51. The van der Waals surface area contributed by atoms with Crippen LogP contribution < -0.4 is 0 Å². The average Bonchev–Trinajstić information content (AvgIpc) is 2.04. The van der Waals surface area contributed by atoms with Gasteiger partial charge in [0.25, 0.3) is 0 Å². The monoisotopic (exact) mass is 183 g/mol. The van der Waals surface area contributed by atoms with E-state index in [1.165, 1.54) is 36.9 Å². The van der Waals surface area contributed by atoms with Crippen molar-refractivity contribution < 1.29 is 0 Å². The van der Waals surface area contributed by atoms with Gasteiger partial charge in [-0.15, -0.1) is 12.4 Å². The molecule has 1 aromatic rings. The van der Waals surface area contributed by atoms with Gasteiger partial charge < -0.3 is 0 Å². The second-order valence-electron chi connectivity index (χ2n) is 3.27. The van der Waals surface area contributed by atoms with Crippen molar-refractivity contribution in [3.63, 3.8) is 0 Å². The Morgan fingerprint density at radius 3 is 2.75 bits per heavy atom. The second kappa shape index (κ2) is 3.90. The van der Waals surface area contributed by atoms with Crippen LogP contribution in [0.5, 0.6) is 0 Å². The Morgan fingerprint density at radius 2 is 1.92 bits per heavy atom. The first kappa shape index (κ1) is 9.53. The zero-order valence-corrected chi connectivity index (χ0v) is 8.16. The van der Waals surface area contributed by atoms with Gasteiger partial charge in [-0.1, -0.05) is 6.07 Å². The zero-order chi connectivity index (χ0) is 7.68. The summed E-state index contributed by atoms with van der Waals surface area (Å²) in [5.74, 6) is 0. The molecule has 0 fully saturated rings. The molecule has 1 aromatic heterocycles. The topological polar surface area (TPSA) is 12.9 Å². The maximum Gasteiger partial charge on any atom is 0.0438 e. The minimum absolute atomic E-state index is 0. The highest BCUT2D eigenvalue weighted by Crippen LogP contribution is 2.18. The molecule has 0 spiro atoms. The number of fused-ring (bicyclic) bond motifs is 1. The SMILES string of the molecule is Cc1ccc2c(n1)CCCC2.Cl. The smallest absolute Gasteiger partial charge is 0.0438 e. The van der Waals surface area contributed by atoms with Gasteiger partial charge >= 0.3 is 0 Å². The van der Waals surface area contributed by atoms with Crippen LogP contribution in [0.1, 0.15) is 29.8 Å². The molecule has 0 aliphatic heterocycles. The van der Waals surface area contributed by atoms with Crippen LogP contribution in [-0.2, 0) is 12.8 Å². The van der Waals surface area contributed by atoms with E-state index in [1.54, 1.807) is 0 Å². The minimum atomic E-state index is 0. The molecular formula is C10H14ClN. The van der Waals surface area contributed by atoms with Crippen molar-refractivity contribution in [3.05, 3.63) is 29.1 Å². The third kappa shape index (κ3) is 1.78. The van der Waals surface area contributed by atoms with Crippen molar-refractivity contribution in [2.45, 2.75) is 32.6 Å². The van der Waals surface area contributed by atoms with Crippen LogP contribution in [0.15, 0.2) is 12.1 Å². The molecule has 0 aromatic carbocycles. The van der Waals surface area contributed by atoms with Crippen molar-refractivity contribution in [1.29, 1.82) is 0 Å². The summed E-state index contributed by atoms with van der Waals surface area (Å²) >= 11 is 0. The number of pyridine rings is 1. The summed E-state index contributed by atoms with van der Waals surface area (Å²) in [4.78, 5) is 4.51. The van der Waals surface area contributed by atoms with Gasteiger partial charge in [-0.05, 0) is 44.2 Å². The maximum absolute atomic E-state index is 4.51. The van der Waals surface area contributed by atoms with E-state index in [-0.39, 0.29) is 12.4 Å². The van der Waals surface area contributed by atoms with E-state index >= 15 is 0 Å². The lowest BCUT2D eigenvalue weighted by Crippen LogP contribution is -2.05. The lowest BCUT2D eigenvalue weighted by molar-refractivity contribution is 0.665. The van der Waals surface area contributed by atoms with Gasteiger partial charge in [0.05, 0.1) is 0 Å². The molecule has 0 amide bonds. The van der Waals surface area contributed by atoms with E-state index in [1.807, 2.05) is 0 Å². The number of hydrogen-bond acceptors (Lipinski definition) is 1. The average molecular weight is 184 g/mol. The first-order valence-electron chi connectivity index (χ1n) is 4.32. The van der Waals surface area contributed by atoms with Crippen LogP contribution in [0.2, 0.25) is 0 Å². The molecule has 0 N–H and O–H groups in total. The highest BCUT2D eigenvalue weighted by Gasteiger charge is 2.09. The quantitative estimate of drug-likeness (QED) is 0.603. The third-order valence-electron chi connectivity index (χ3n) is 2.32. The summed E-state index contributed by atoms with van der Waals surface area (Å²) in [6.45, 7) is 2.06. The first-order chi connectivity index (χ1) is 5.36. The molecular weight excluding hydrogens is 170 g/mol.